The van der Waals surface area contributed by atoms with Gasteiger partial charge in [-0.05, 0) is 41.9 Å². The average molecular weight is 215 g/mol. The molecular weight excluding hydrogens is 194 g/mol. The molecule has 3 rings (SSSR count). The second-order valence-electron chi connectivity index (χ2n) is 5.46. The lowest BCUT2D eigenvalue weighted by Crippen LogP contribution is -2.01. The summed E-state index contributed by atoms with van der Waals surface area (Å²) in [6, 6.07) is 7.21. The molecule has 1 nitrogen and oxygen atoms in total. The van der Waals surface area contributed by atoms with Gasteiger partial charge in [-0.3, -0.25) is 4.90 Å². The molecule has 1 aromatic carbocycles. The summed E-state index contributed by atoms with van der Waals surface area (Å²) in [6.07, 6.45) is 5.45. The van der Waals surface area contributed by atoms with Crippen molar-refractivity contribution in [3.8, 4) is 0 Å². The van der Waals surface area contributed by atoms with Gasteiger partial charge in [-0.2, -0.15) is 0 Å². The smallest absolute Gasteiger partial charge is 0.0234 e. The highest BCUT2D eigenvalue weighted by atomic mass is 15.2. The first-order valence-corrected chi connectivity index (χ1v) is 6.67. The molecular formula is C15H21N. The Morgan fingerprint density at radius 1 is 1.25 bits per heavy atom. The Balaban J connectivity index is 1.86. The first kappa shape index (κ1) is 10.3. The molecule has 0 spiro atoms. The van der Waals surface area contributed by atoms with Crippen LogP contribution in [0.5, 0.6) is 0 Å². The van der Waals surface area contributed by atoms with Crippen LogP contribution in [0, 0.1) is 0 Å². The summed E-state index contributed by atoms with van der Waals surface area (Å²) in [4.78, 5) is 2.49. The molecule has 2 aliphatic rings. The van der Waals surface area contributed by atoms with Crippen LogP contribution in [0.2, 0.25) is 0 Å². The number of hydrogen-bond donors (Lipinski definition) is 0. The molecule has 1 fully saturated rings. The molecule has 1 heteroatoms. The van der Waals surface area contributed by atoms with Crippen molar-refractivity contribution in [1.29, 1.82) is 0 Å². The molecule has 86 valence electrons. The molecule has 0 radical (unpaired) electrons. The van der Waals surface area contributed by atoms with Crippen LogP contribution in [0.4, 0.5) is 0 Å². The van der Waals surface area contributed by atoms with Crippen molar-refractivity contribution in [2.75, 3.05) is 13.1 Å². The van der Waals surface area contributed by atoms with E-state index in [0.29, 0.717) is 0 Å². The Hall–Kier alpha value is -0.820. The third-order valence-corrected chi connectivity index (χ3v) is 4.02. The molecule has 0 N–H and O–H groups in total. The molecule has 1 saturated heterocycles. The molecule has 16 heavy (non-hydrogen) atoms. The fourth-order valence-corrected chi connectivity index (χ4v) is 2.86. The van der Waals surface area contributed by atoms with E-state index in [1.807, 2.05) is 0 Å². The molecule has 0 aromatic heterocycles. The first-order valence-electron chi connectivity index (χ1n) is 6.67. The molecule has 1 aliphatic heterocycles. The molecule has 1 atom stereocenters. The summed E-state index contributed by atoms with van der Waals surface area (Å²) >= 11 is 0. The van der Waals surface area contributed by atoms with E-state index >= 15 is 0 Å². The summed E-state index contributed by atoms with van der Waals surface area (Å²) in [5.41, 5.74) is 4.77. The highest BCUT2D eigenvalue weighted by Gasteiger charge is 2.19. The number of nitrogens with zero attached hydrogens (tertiary/aromatic N) is 1. The fraction of sp³-hybridized carbons (Fsp3) is 0.600. The van der Waals surface area contributed by atoms with Crippen LogP contribution < -0.4 is 0 Å². The van der Waals surface area contributed by atoms with Crippen LogP contribution in [0.1, 0.15) is 48.8 Å². The zero-order valence-corrected chi connectivity index (χ0v) is 10.2. The molecule has 0 bridgehead atoms. The Morgan fingerprint density at radius 3 is 2.94 bits per heavy atom. The number of benzene rings is 1. The van der Waals surface area contributed by atoms with Crippen molar-refractivity contribution in [1.82, 2.24) is 4.90 Å². The van der Waals surface area contributed by atoms with Crippen LogP contribution in [0.25, 0.3) is 0 Å². The Kier molecular flexibility index (Phi) is 2.72. The number of fused-ring (bicyclic) bond motifs is 1. The number of aryl methyl sites for hydroxylation is 1. The first-order chi connectivity index (χ1) is 7.83. The molecule has 1 aromatic rings. The number of hydrogen-bond acceptors (Lipinski definition) is 1. The van der Waals surface area contributed by atoms with Gasteiger partial charge >= 0.3 is 0 Å². The van der Waals surface area contributed by atoms with Gasteiger partial charge in [0.05, 0.1) is 0 Å². The van der Waals surface area contributed by atoms with Gasteiger partial charge < -0.3 is 0 Å². The summed E-state index contributed by atoms with van der Waals surface area (Å²) in [5, 5.41) is 0. The van der Waals surface area contributed by atoms with Crippen molar-refractivity contribution < 1.29 is 0 Å². The monoisotopic (exact) mass is 215 g/mol. The molecule has 0 amide bonds. The van der Waals surface area contributed by atoms with Crippen molar-refractivity contribution in [3.63, 3.8) is 0 Å². The minimum atomic E-state index is 0.771. The summed E-state index contributed by atoms with van der Waals surface area (Å²) in [5.74, 6) is 0.771. The lowest BCUT2D eigenvalue weighted by Gasteiger charge is -2.14. The van der Waals surface area contributed by atoms with E-state index in [4.69, 9.17) is 0 Å². The van der Waals surface area contributed by atoms with Gasteiger partial charge in [0.15, 0.2) is 0 Å². The number of rotatable bonds is 2. The topological polar surface area (TPSA) is 3.01 Å². The predicted octanol–water partition coefficient (Wildman–Crippen LogP) is 3.33. The maximum Gasteiger partial charge on any atom is 0.0234 e. The molecule has 1 unspecified atom stereocenters. The Morgan fingerprint density at radius 2 is 2.12 bits per heavy atom. The molecule has 1 heterocycles. The Labute approximate surface area is 98.5 Å². The van der Waals surface area contributed by atoms with E-state index in [-0.39, 0.29) is 0 Å². The maximum absolute atomic E-state index is 2.49. The second-order valence-corrected chi connectivity index (χ2v) is 5.46. The van der Waals surface area contributed by atoms with Crippen LogP contribution >= 0.6 is 0 Å². The zero-order chi connectivity index (χ0) is 11.0. The van der Waals surface area contributed by atoms with Gasteiger partial charge in [-0.25, -0.2) is 0 Å². The van der Waals surface area contributed by atoms with Crippen LogP contribution in [0.3, 0.4) is 0 Å². The SMILES string of the molecule is CC1CCCCc2cc(CN3CC3)ccc21. The minimum Gasteiger partial charge on any atom is -0.297 e. The fourth-order valence-electron chi connectivity index (χ4n) is 2.86. The summed E-state index contributed by atoms with van der Waals surface area (Å²) in [6.45, 7) is 6.15. The lowest BCUT2D eigenvalue weighted by molar-refractivity contribution is 0.555. The second kappa shape index (κ2) is 4.21. The average Bonchev–Trinajstić information content (AvgIpc) is 3.08. The highest BCUT2D eigenvalue weighted by Crippen LogP contribution is 2.31. The third kappa shape index (κ3) is 2.15. The highest BCUT2D eigenvalue weighted by molar-refractivity contribution is 5.35. The van der Waals surface area contributed by atoms with Crippen LogP contribution in [-0.4, -0.2) is 18.0 Å². The van der Waals surface area contributed by atoms with Gasteiger partial charge in [0, 0.05) is 19.6 Å². The van der Waals surface area contributed by atoms with Crippen molar-refractivity contribution in [2.45, 2.75) is 45.1 Å². The largest absolute Gasteiger partial charge is 0.297 e. The standard InChI is InChI=1S/C15H21N/c1-12-4-2-3-5-14-10-13(6-7-15(12)14)11-16-8-9-16/h6-7,10,12H,2-5,8-9,11H2,1H3. The predicted molar refractivity (Wildman–Crippen MR) is 67.7 cm³/mol. The van der Waals surface area contributed by atoms with Crippen molar-refractivity contribution in [3.05, 3.63) is 34.9 Å². The summed E-state index contributed by atoms with van der Waals surface area (Å²) in [7, 11) is 0. The van der Waals surface area contributed by atoms with Gasteiger partial charge in [0.1, 0.15) is 0 Å². The minimum absolute atomic E-state index is 0.771. The van der Waals surface area contributed by atoms with Gasteiger partial charge in [-0.1, -0.05) is 31.5 Å². The normalized spacial score (nSPS) is 24.9. The van der Waals surface area contributed by atoms with Crippen molar-refractivity contribution >= 4 is 0 Å². The van der Waals surface area contributed by atoms with E-state index in [1.54, 1.807) is 11.1 Å². The third-order valence-electron chi connectivity index (χ3n) is 4.02. The van der Waals surface area contributed by atoms with E-state index in [1.165, 1.54) is 50.9 Å². The van der Waals surface area contributed by atoms with E-state index in [2.05, 4.69) is 30.0 Å². The zero-order valence-electron chi connectivity index (χ0n) is 10.2. The quantitative estimate of drug-likeness (QED) is 0.540. The Bertz CT molecular complexity index is 379. The van der Waals surface area contributed by atoms with Gasteiger partial charge in [-0.15, -0.1) is 0 Å². The van der Waals surface area contributed by atoms with Gasteiger partial charge in [0.25, 0.3) is 0 Å². The van der Waals surface area contributed by atoms with E-state index < -0.39 is 0 Å². The maximum atomic E-state index is 2.49. The van der Waals surface area contributed by atoms with Crippen LogP contribution in [0.15, 0.2) is 18.2 Å². The van der Waals surface area contributed by atoms with Crippen LogP contribution in [-0.2, 0) is 13.0 Å². The van der Waals surface area contributed by atoms with E-state index in [0.717, 1.165) is 5.92 Å². The lowest BCUT2D eigenvalue weighted by atomic mass is 9.93. The summed E-state index contributed by atoms with van der Waals surface area (Å²) < 4.78 is 0. The molecule has 0 saturated carbocycles. The van der Waals surface area contributed by atoms with E-state index in [9.17, 15) is 0 Å². The van der Waals surface area contributed by atoms with Crippen molar-refractivity contribution in [2.24, 2.45) is 0 Å². The molecule has 1 aliphatic carbocycles. The van der Waals surface area contributed by atoms with Gasteiger partial charge in [0.2, 0.25) is 0 Å².